The highest BCUT2D eigenvalue weighted by atomic mass is 35.5. The Kier molecular flexibility index (Phi) is 40.8. The minimum Gasteiger partial charge on any atom is -0.477 e. The number of anilines is 1. The maximum Gasteiger partial charge on any atom is 0.488 e. The van der Waals surface area contributed by atoms with E-state index in [0.29, 0.717) is 84.7 Å². The quantitative estimate of drug-likeness (QED) is 0.0155. The Morgan fingerprint density at radius 1 is 0.364 bits per heavy atom. The number of rotatable bonds is 20. The van der Waals surface area contributed by atoms with Gasteiger partial charge in [0.05, 0.1) is 75.0 Å². The fourth-order valence-corrected chi connectivity index (χ4v) is 12.6. The average molecular weight is 2050 g/mol. The lowest BCUT2D eigenvalue weighted by atomic mass is 9.80. The number of esters is 2. The number of nitrogens with zero attached hydrogens (tertiary/aromatic N) is 19. The number of nitrogens with two attached hydrogens (primary N) is 1. The number of aromatic carboxylic acids is 1. The van der Waals surface area contributed by atoms with Crippen LogP contribution in [-0.4, -0.2) is 185 Å². The number of hydrogen-bond donors (Lipinski definition) is 5. The van der Waals surface area contributed by atoms with Gasteiger partial charge in [0, 0.05) is 128 Å². The standard InChI is InChI=1S/2C17H12ClFN4O2.C16H10ClFN4O2.C12H8ClFN2O2.C11H6ClFN2O2.C6H5BClFO2.C6H5ClN2O2.C5H7N3O/c1-23-8-10(7-20-17(23)25)2-16(24)15-6-14(21-9-22-15)11-3-12(18)5-13(19)4-11;1-25-17-20-7-10(8-21-17)2-16(24)15-6-14(22-9-23-15)11-3-12(18)5-13(19)4-11;17-11-2-10(3-12(18)4-11)13-5-14(22-8-21-13)15(23)1-9-6-19-16(24)20-7-9;1-18-12(17)11-5-10(15-6-16-11)7-2-8(13)4-9(14)3-7;12-7-1-6(2-8(13)3-7)9-4-10(11(16)17)15-5-14-9;8-5-1-4(7(10)11)2-6(9)3-5;1-11-6(10)4-2-5(7)9-3-8-4;1-9-5-7-2-4(6)3-8-5/h2*3-9H,2H2,1H3;2-8H,1H2,(H,19,20,24);2-6H,1H3;1-5H,(H,16,17);1-3,10-11H;2-3H,1H3;2-3H,6H2,1H3. The number of hydrogen-bond acceptors (Lipinski definition) is 33. The Bertz CT molecular complexity index is 7120. The van der Waals surface area contributed by atoms with Crippen LogP contribution < -0.4 is 32.0 Å². The zero-order valence-corrected chi connectivity index (χ0v) is 77.7. The van der Waals surface area contributed by atoms with E-state index in [2.05, 4.69) is 104 Å². The summed E-state index contributed by atoms with van der Waals surface area (Å²) in [6, 6.07) is 32.4. The first-order chi connectivity index (χ1) is 66.8. The molecule has 0 aliphatic carbocycles. The van der Waals surface area contributed by atoms with E-state index in [9.17, 15) is 64.7 Å². The van der Waals surface area contributed by atoms with E-state index in [1.54, 1.807) is 37.5 Å². The summed E-state index contributed by atoms with van der Waals surface area (Å²) >= 11 is 39.9. The van der Waals surface area contributed by atoms with E-state index >= 15 is 0 Å². The molecular formula is C90H65BCl7F6N21O15. The smallest absolute Gasteiger partial charge is 0.477 e. The van der Waals surface area contributed by atoms with Crippen LogP contribution in [0, 0.1) is 34.9 Å². The molecule has 714 valence electrons. The Morgan fingerprint density at radius 2 is 0.671 bits per heavy atom. The summed E-state index contributed by atoms with van der Waals surface area (Å²) < 4.78 is 99.1. The number of H-pyrrole nitrogens is 1. The number of methoxy groups -OCH3 is 4. The van der Waals surface area contributed by atoms with Gasteiger partial charge in [-0.25, -0.2) is 140 Å². The predicted octanol–water partition coefficient (Wildman–Crippen LogP) is 14.6. The number of carboxylic acid groups (broad SMARTS) is 1. The topological polar surface area (TPSA) is 513 Å². The van der Waals surface area contributed by atoms with E-state index in [-0.39, 0.29) is 118 Å². The lowest BCUT2D eigenvalue weighted by Gasteiger charge is -2.05. The van der Waals surface area contributed by atoms with Gasteiger partial charge in [0.1, 0.15) is 95.1 Å². The molecule has 16 rings (SSSR count). The van der Waals surface area contributed by atoms with Crippen molar-refractivity contribution in [3.8, 4) is 68.3 Å². The third kappa shape index (κ3) is 34.7. The summed E-state index contributed by atoms with van der Waals surface area (Å²) in [7, 11) is 5.37. The van der Waals surface area contributed by atoms with Crippen LogP contribution >= 0.6 is 81.2 Å². The highest BCUT2D eigenvalue weighted by Gasteiger charge is 2.20. The summed E-state index contributed by atoms with van der Waals surface area (Å²) in [5.74, 6) is -6.11. The normalized spacial score (nSPS) is 10.2. The molecule has 0 bridgehead atoms. The second-order valence-corrected chi connectivity index (χ2v) is 30.5. The predicted molar refractivity (Wildman–Crippen MR) is 500 cm³/mol. The number of nitrogens with one attached hydrogen (secondary N) is 1. The van der Waals surface area contributed by atoms with Crippen molar-refractivity contribution >= 4 is 135 Å². The minimum atomic E-state index is -1.68. The third-order valence-corrected chi connectivity index (χ3v) is 18.8. The zero-order valence-electron chi connectivity index (χ0n) is 72.4. The maximum absolute atomic E-state index is 13.5. The number of aromatic amines is 1. The molecule has 0 saturated heterocycles. The molecule has 0 spiro atoms. The van der Waals surface area contributed by atoms with Crippen LogP contribution in [0.1, 0.15) is 79.6 Å². The number of aryl methyl sites for hydroxylation is 1. The molecule has 6 aromatic carbocycles. The van der Waals surface area contributed by atoms with E-state index in [0.717, 1.165) is 24.5 Å². The molecule has 140 heavy (non-hydrogen) atoms. The number of aromatic nitrogens is 20. The molecule has 0 saturated carbocycles. The summed E-state index contributed by atoms with van der Waals surface area (Å²) in [6.07, 6.45) is 19.0. The van der Waals surface area contributed by atoms with Crippen LogP contribution in [0.3, 0.4) is 0 Å². The number of Topliss-reactive ketones (excluding diaryl/α,β-unsaturated/α-hetero) is 3. The molecule has 0 atom stereocenters. The van der Waals surface area contributed by atoms with Crippen LogP contribution in [0.15, 0.2) is 243 Å². The van der Waals surface area contributed by atoms with Gasteiger partial charge in [-0.05, 0) is 162 Å². The van der Waals surface area contributed by atoms with Crippen molar-refractivity contribution in [2.45, 2.75) is 19.3 Å². The summed E-state index contributed by atoms with van der Waals surface area (Å²) in [5, 5.41) is 27.5. The van der Waals surface area contributed by atoms with Crippen LogP contribution in [0.25, 0.3) is 56.3 Å². The molecule has 6 N–H and O–H groups in total. The molecule has 50 heteroatoms. The van der Waals surface area contributed by atoms with Gasteiger partial charge in [-0.3, -0.25) is 14.4 Å². The summed E-state index contributed by atoms with van der Waals surface area (Å²) in [5.41, 5.74) is 11.5. The van der Waals surface area contributed by atoms with Crippen molar-refractivity contribution in [2.24, 2.45) is 7.05 Å². The van der Waals surface area contributed by atoms with Gasteiger partial charge in [0.2, 0.25) is 0 Å². The number of carboxylic acids is 1. The summed E-state index contributed by atoms with van der Waals surface area (Å²) in [4.78, 5) is 164. The van der Waals surface area contributed by atoms with Gasteiger partial charge >= 0.3 is 48.4 Å². The molecule has 36 nitrogen and oxygen atoms in total. The molecule has 0 amide bonds. The first-order valence-electron chi connectivity index (χ1n) is 39.0. The first-order valence-corrected chi connectivity index (χ1v) is 41.7. The van der Waals surface area contributed by atoms with Gasteiger partial charge in [0.15, 0.2) is 34.4 Å². The van der Waals surface area contributed by atoms with Crippen molar-refractivity contribution in [3.05, 3.63) is 375 Å². The number of benzene rings is 6. The number of ketones is 3. The Hall–Kier alpha value is -15.9. The van der Waals surface area contributed by atoms with Crippen molar-refractivity contribution in [1.29, 1.82) is 0 Å². The van der Waals surface area contributed by atoms with E-state index in [1.807, 2.05) is 0 Å². The lowest BCUT2D eigenvalue weighted by molar-refractivity contribution is 0.0585. The van der Waals surface area contributed by atoms with Gasteiger partial charge in [-0.2, -0.15) is 0 Å². The molecule has 10 heterocycles. The Labute approximate surface area is 822 Å². The van der Waals surface area contributed by atoms with E-state index < -0.39 is 71.3 Å². The van der Waals surface area contributed by atoms with E-state index in [1.165, 1.54) is 211 Å². The van der Waals surface area contributed by atoms with Gasteiger partial charge < -0.3 is 49.4 Å². The maximum atomic E-state index is 13.5. The number of carbonyl (C=O) groups is 6. The first kappa shape index (κ1) is 108. The number of nitrogen functional groups attached to an aromatic ring is 1. The number of halogens is 13. The lowest BCUT2D eigenvalue weighted by Crippen LogP contribution is -2.29. The monoisotopic (exact) mass is 2050 g/mol. The second kappa shape index (κ2) is 53.0. The molecule has 0 unspecified atom stereocenters. The van der Waals surface area contributed by atoms with Crippen LogP contribution in [0.2, 0.25) is 35.3 Å². The number of ether oxygens (including phenoxy) is 4. The highest BCUT2D eigenvalue weighted by Crippen LogP contribution is 2.30. The fraction of sp³-hybridized carbons (Fsp3) is 0.0889. The second-order valence-electron chi connectivity index (χ2n) is 27.5. The largest absolute Gasteiger partial charge is 0.488 e. The van der Waals surface area contributed by atoms with Crippen molar-refractivity contribution < 1.29 is 89.2 Å². The summed E-state index contributed by atoms with van der Waals surface area (Å²) in [6.45, 7) is 0. The van der Waals surface area contributed by atoms with Crippen LogP contribution in [0.4, 0.5) is 32.0 Å². The zero-order chi connectivity index (χ0) is 102. The molecule has 0 aliphatic heterocycles. The SMILES string of the molecule is COC(=O)c1cc(-c2cc(F)cc(Cl)c2)ncn1.COC(=O)c1cc(Cl)ncn1.COc1ncc(CC(=O)c2cc(-c3cc(F)cc(Cl)c3)ncn2)cn1.COc1ncc(N)cn1.Cn1cc(CC(=O)c2cc(-c3cc(F)cc(Cl)c3)ncn2)cnc1=O.O=C(Cc1cnc(=O)[nH]c1)c1cc(-c2cc(F)cc(Cl)c2)ncn1.O=C(O)c1cc(-c2cc(F)cc(Cl)c2)ncn1.OB(O)c1cc(F)cc(Cl)c1. The third-order valence-electron chi connectivity index (χ3n) is 17.3. The average Bonchev–Trinajstić information content (AvgIpc) is 0.848. The van der Waals surface area contributed by atoms with Crippen LogP contribution in [-0.2, 0) is 35.8 Å². The van der Waals surface area contributed by atoms with Crippen LogP contribution in [0.5, 0.6) is 12.0 Å². The number of carbonyl (C=O) groups excluding carboxylic acids is 5. The molecular weight excluding hydrogens is 1990 g/mol. The van der Waals surface area contributed by atoms with Crippen molar-refractivity contribution in [3.63, 3.8) is 0 Å². The minimum absolute atomic E-state index is 0.0180. The Balaban J connectivity index is 0.000000183. The molecule has 16 aromatic rings. The molecule has 10 aromatic heterocycles. The van der Waals surface area contributed by atoms with E-state index in [4.69, 9.17) is 112 Å². The van der Waals surface area contributed by atoms with Gasteiger partial charge in [-0.15, -0.1) is 0 Å². The van der Waals surface area contributed by atoms with Gasteiger partial charge in [-0.1, -0.05) is 81.2 Å². The fourth-order valence-electron chi connectivity index (χ4n) is 11.1. The Morgan fingerprint density at radius 3 is 1.00 bits per heavy atom. The molecule has 0 aliphatic rings. The molecule has 0 fully saturated rings. The van der Waals surface area contributed by atoms with Crippen molar-refractivity contribution in [2.75, 3.05) is 34.2 Å². The molecule has 0 radical (unpaired) electrons. The van der Waals surface area contributed by atoms with Gasteiger partial charge in [0.25, 0.3) is 0 Å². The highest BCUT2D eigenvalue weighted by molar-refractivity contribution is 6.59. The van der Waals surface area contributed by atoms with Crippen molar-refractivity contribution in [1.82, 2.24) is 99.3 Å².